The van der Waals surface area contributed by atoms with Crippen LogP contribution in [0.25, 0.3) is 11.6 Å². The van der Waals surface area contributed by atoms with Crippen LogP contribution < -0.4 is 14.2 Å². The molecule has 0 spiro atoms. The first kappa shape index (κ1) is 21.0. The Hall–Kier alpha value is -3.75. The van der Waals surface area contributed by atoms with E-state index >= 15 is 0 Å². The quantitative estimate of drug-likeness (QED) is 0.224. The van der Waals surface area contributed by atoms with Gasteiger partial charge in [0.15, 0.2) is 11.5 Å². The van der Waals surface area contributed by atoms with Gasteiger partial charge in [0.2, 0.25) is 0 Å². The van der Waals surface area contributed by atoms with Gasteiger partial charge in [-0.3, -0.25) is 0 Å². The lowest BCUT2D eigenvalue weighted by Crippen LogP contribution is -2.08. The Morgan fingerprint density at radius 3 is 2.13 bits per heavy atom. The first-order chi connectivity index (χ1) is 14.5. The maximum Gasteiger partial charge on any atom is 0.343 e. The van der Waals surface area contributed by atoms with Crippen LogP contribution in [0, 0.1) is 11.3 Å². The fourth-order valence-electron chi connectivity index (χ4n) is 2.74. The van der Waals surface area contributed by atoms with Gasteiger partial charge in [-0.15, -0.1) is 0 Å². The lowest BCUT2D eigenvalue weighted by molar-refractivity contribution is 0.0734. The van der Waals surface area contributed by atoms with E-state index in [2.05, 4.69) is 6.07 Å². The third-order valence-corrected chi connectivity index (χ3v) is 4.55. The van der Waals surface area contributed by atoms with E-state index in [0.29, 0.717) is 33.4 Å². The van der Waals surface area contributed by atoms with E-state index in [1.807, 2.05) is 0 Å². The van der Waals surface area contributed by atoms with Crippen LogP contribution in [-0.2, 0) is 0 Å². The second-order valence-corrected chi connectivity index (χ2v) is 6.64. The number of esters is 1. The summed E-state index contributed by atoms with van der Waals surface area (Å²) in [6, 6.07) is 20.9. The topological polar surface area (TPSA) is 68.5 Å². The molecule has 0 saturated carbocycles. The van der Waals surface area contributed by atoms with Crippen molar-refractivity contribution in [3.8, 4) is 23.3 Å². The molecule has 6 heteroatoms. The Kier molecular flexibility index (Phi) is 6.74. The summed E-state index contributed by atoms with van der Waals surface area (Å²) < 4.78 is 15.8. The lowest BCUT2D eigenvalue weighted by Gasteiger charge is -2.09. The number of nitrogens with zero attached hydrogens (tertiary/aromatic N) is 1. The van der Waals surface area contributed by atoms with Crippen molar-refractivity contribution in [3.05, 3.63) is 88.4 Å². The summed E-state index contributed by atoms with van der Waals surface area (Å²) in [5.74, 6) is 0.841. The molecule has 0 aliphatic rings. The molecule has 0 heterocycles. The van der Waals surface area contributed by atoms with E-state index in [4.69, 9.17) is 25.8 Å². The molecule has 0 aliphatic carbocycles. The maximum absolute atomic E-state index is 12.4. The molecule has 30 heavy (non-hydrogen) atoms. The van der Waals surface area contributed by atoms with Gasteiger partial charge < -0.3 is 14.2 Å². The molecular weight excluding hydrogens is 402 g/mol. The molecule has 5 nitrogen and oxygen atoms in total. The second kappa shape index (κ2) is 9.64. The highest BCUT2D eigenvalue weighted by atomic mass is 35.5. The van der Waals surface area contributed by atoms with Gasteiger partial charge in [0.05, 0.1) is 31.4 Å². The van der Waals surface area contributed by atoms with Gasteiger partial charge in [0, 0.05) is 5.02 Å². The molecule has 3 rings (SSSR count). The molecule has 0 N–H and O–H groups in total. The number of methoxy groups -OCH3 is 2. The number of carbonyl (C=O) groups is 1. The molecule has 0 aromatic heterocycles. The van der Waals surface area contributed by atoms with E-state index in [-0.39, 0.29) is 0 Å². The highest BCUT2D eigenvalue weighted by Crippen LogP contribution is 2.28. The van der Waals surface area contributed by atoms with Gasteiger partial charge in [-0.2, -0.15) is 5.26 Å². The zero-order chi connectivity index (χ0) is 21.5. The van der Waals surface area contributed by atoms with Gasteiger partial charge in [0.25, 0.3) is 0 Å². The number of hydrogen-bond acceptors (Lipinski definition) is 5. The summed E-state index contributed by atoms with van der Waals surface area (Å²) in [7, 11) is 3.02. The van der Waals surface area contributed by atoms with E-state index < -0.39 is 5.97 Å². The third kappa shape index (κ3) is 4.99. The zero-order valence-corrected chi connectivity index (χ0v) is 17.1. The fourth-order valence-corrected chi connectivity index (χ4v) is 2.86. The number of benzene rings is 3. The van der Waals surface area contributed by atoms with Crippen molar-refractivity contribution in [1.82, 2.24) is 0 Å². The summed E-state index contributed by atoms with van der Waals surface area (Å²) in [6.07, 6.45) is 1.75. The van der Waals surface area contributed by atoms with Crippen molar-refractivity contribution in [2.75, 3.05) is 14.2 Å². The molecule has 3 aromatic carbocycles. The molecule has 0 unspecified atom stereocenters. The first-order valence-corrected chi connectivity index (χ1v) is 9.34. The molecule has 0 atom stereocenters. The summed E-state index contributed by atoms with van der Waals surface area (Å²) in [5, 5.41) is 10.1. The van der Waals surface area contributed by atoms with Crippen molar-refractivity contribution in [2.24, 2.45) is 0 Å². The summed E-state index contributed by atoms with van der Waals surface area (Å²) in [4.78, 5) is 12.4. The molecule has 0 bridgehead atoms. The molecule has 150 valence electrons. The van der Waals surface area contributed by atoms with Crippen LogP contribution in [0.3, 0.4) is 0 Å². The minimum Gasteiger partial charge on any atom is -0.493 e. The molecule has 0 fully saturated rings. The average molecular weight is 420 g/mol. The van der Waals surface area contributed by atoms with E-state index in [1.165, 1.54) is 14.2 Å². The summed E-state index contributed by atoms with van der Waals surface area (Å²) in [6.45, 7) is 0. The van der Waals surface area contributed by atoms with Gasteiger partial charge >= 0.3 is 5.97 Å². The van der Waals surface area contributed by atoms with Crippen LogP contribution in [0.4, 0.5) is 0 Å². The van der Waals surface area contributed by atoms with Crippen molar-refractivity contribution in [2.45, 2.75) is 0 Å². The van der Waals surface area contributed by atoms with Gasteiger partial charge in [-0.1, -0.05) is 35.9 Å². The average Bonchev–Trinajstić information content (AvgIpc) is 2.78. The minimum atomic E-state index is -0.516. The number of nitriles is 1. The number of ether oxygens (including phenoxy) is 3. The van der Waals surface area contributed by atoms with Crippen LogP contribution in [0.15, 0.2) is 66.7 Å². The zero-order valence-electron chi connectivity index (χ0n) is 16.4. The largest absolute Gasteiger partial charge is 0.493 e. The predicted molar refractivity (Wildman–Crippen MR) is 116 cm³/mol. The van der Waals surface area contributed by atoms with Crippen molar-refractivity contribution < 1.29 is 19.0 Å². The number of carbonyl (C=O) groups excluding carboxylic acids is 1. The number of allylic oxidation sites excluding steroid dienone is 1. The van der Waals surface area contributed by atoms with Gasteiger partial charge in [-0.05, 0) is 59.7 Å². The minimum absolute atomic E-state index is 0.339. The van der Waals surface area contributed by atoms with E-state index in [9.17, 15) is 10.1 Å². The predicted octanol–water partition coefficient (Wildman–Crippen LogP) is 5.64. The summed E-state index contributed by atoms with van der Waals surface area (Å²) >= 11 is 5.90. The van der Waals surface area contributed by atoms with Crippen LogP contribution >= 0.6 is 11.6 Å². The Morgan fingerprint density at radius 1 is 0.900 bits per heavy atom. The van der Waals surface area contributed by atoms with Crippen LogP contribution in [-0.4, -0.2) is 20.2 Å². The maximum atomic E-state index is 12.4. The fraction of sp³-hybridized carbons (Fsp3) is 0.0833. The smallest absolute Gasteiger partial charge is 0.343 e. The van der Waals surface area contributed by atoms with Crippen LogP contribution in [0.2, 0.25) is 5.02 Å². The lowest BCUT2D eigenvalue weighted by atomic mass is 10.0. The molecule has 0 amide bonds. The Morgan fingerprint density at radius 2 is 1.53 bits per heavy atom. The number of hydrogen-bond donors (Lipinski definition) is 0. The Bertz CT molecular complexity index is 1110. The second-order valence-electron chi connectivity index (χ2n) is 6.21. The summed E-state index contributed by atoms with van der Waals surface area (Å²) in [5.41, 5.74) is 2.41. The molecule has 0 radical (unpaired) electrons. The van der Waals surface area contributed by atoms with E-state index in [1.54, 1.807) is 72.8 Å². The number of rotatable bonds is 6. The SMILES string of the molecule is COc1ccc(C(=O)Oc2ccc(/C=C(/C#N)c3ccc(Cl)cc3)cc2)cc1OC. The molecular formula is C24H18ClNO4. The number of halogens is 1. The third-order valence-electron chi connectivity index (χ3n) is 4.30. The van der Waals surface area contributed by atoms with E-state index in [0.717, 1.165) is 11.1 Å². The Labute approximate surface area is 179 Å². The monoisotopic (exact) mass is 419 g/mol. The highest BCUT2D eigenvalue weighted by Gasteiger charge is 2.13. The van der Waals surface area contributed by atoms with Crippen molar-refractivity contribution in [3.63, 3.8) is 0 Å². The van der Waals surface area contributed by atoms with Crippen molar-refractivity contribution >= 4 is 29.2 Å². The first-order valence-electron chi connectivity index (χ1n) is 8.96. The molecule has 3 aromatic rings. The van der Waals surface area contributed by atoms with Gasteiger partial charge in [0.1, 0.15) is 5.75 Å². The normalized spacial score (nSPS) is 10.8. The van der Waals surface area contributed by atoms with Crippen molar-refractivity contribution in [1.29, 1.82) is 5.26 Å². The highest BCUT2D eigenvalue weighted by molar-refractivity contribution is 6.30. The van der Waals surface area contributed by atoms with Crippen LogP contribution in [0.1, 0.15) is 21.5 Å². The van der Waals surface area contributed by atoms with Gasteiger partial charge in [-0.25, -0.2) is 4.79 Å². The molecule has 0 saturated heterocycles. The Balaban J connectivity index is 1.75. The molecule has 0 aliphatic heterocycles. The standard InChI is InChI=1S/C24H18ClNO4/c1-28-22-12-7-18(14-23(22)29-2)24(27)30-21-10-3-16(4-11-21)13-19(15-26)17-5-8-20(25)9-6-17/h3-14H,1-2H3/b19-13-. The van der Waals surface area contributed by atoms with Crippen LogP contribution in [0.5, 0.6) is 17.2 Å².